The highest BCUT2D eigenvalue weighted by molar-refractivity contribution is 7.89. The highest BCUT2D eigenvalue weighted by Gasteiger charge is 2.36. The molecular weight excluding hydrogens is 432 g/mol. The standard InChI is InChI=1S/C23H32N2O6S/c1-15-9-11-19(12-10-15)32(28,29)25(13-8-14-30-6)18(4)22(26)20-16(2)21(23(27)31-7)24(5)17(20)3/h9-12,18H,8,13-14H2,1-7H3/t18-/m0/s1. The third kappa shape index (κ3) is 4.95. The number of nitrogens with zero attached hydrogens (tertiary/aromatic N) is 2. The van der Waals surface area contributed by atoms with Gasteiger partial charge in [-0.3, -0.25) is 4.79 Å². The van der Waals surface area contributed by atoms with Crippen LogP contribution in [0.3, 0.4) is 0 Å². The molecule has 9 heteroatoms. The van der Waals surface area contributed by atoms with E-state index in [0.29, 0.717) is 29.8 Å². The van der Waals surface area contributed by atoms with Crippen LogP contribution in [0.15, 0.2) is 29.2 Å². The van der Waals surface area contributed by atoms with Gasteiger partial charge in [-0.1, -0.05) is 17.7 Å². The predicted octanol–water partition coefficient (Wildman–Crippen LogP) is 3.04. The first-order valence-corrected chi connectivity index (χ1v) is 11.8. The Balaban J connectivity index is 2.53. The van der Waals surface area contributed by atoms with Crippen molar-refractivity contribution < 1.29 is 27.5 Å². The molecule has 0 unspecified atom stereocenters. The predicted molar refractivity (Wildman–Crippen MR) is 122 cm³/mol. The van der Waals surface area contributed by atoms with E-state index in [1.54, 1.807) is 63.8 Å². The number of esters is 1. The number of carbonyl (C=O) groups is 2. The zero-order chi connectivity index (χ0) is 24.2. The number of hydrogen-bond acceptors (Lipinski definition) is 6. The van der Waals surface area contributed by atoms with Crippen LogP contribution in [0.2, 0.25) is 0 Å². The second kappa shape index (κ2) is 10.4. The Morgan fingerprint density at radius 2 is 1.69 bits per heavy atom. The van der Waals surface area contributed by atoms with Crippen molar-refractivity contribution in [2.75, 3.05) is 27.4 Å². The summed E-state index contributed by atoms with van der Waals surface area (Å²) in [5.74, 6) is -0.928. The average Bonchev–Trinajstić information content (AvgIpc) is 2.98. The molecule has 2 rings (SSSR count). The number of methoxy groups -OCH3 is 2. The Kier molecular flexibility index (Phi) is 8.39. The first-order valence-electron chi connectivity index (χ1n) is 10.3. The van der Waals surface area contributed by atoms with E-state index in [1.807, 2.05) is 6.92 Å². The van der Waals surface area contributed by atoms with Gasteiger partial charge in [0.05, 0.1) is 18.0 Å². The number of sulfonamides is 1. The van der Waals surface area contributed by atoms with E-state index in [4.69, 9.17) is 9.47 Å². The van der Waals surface area contributed by atoms with Gasteiger partial charge in [0.1, 0.15) is 5.69 Å². The van der Waals surface area contributed by atoms with Crippen molar-refractivity contribution >= 4 is 21.8 Å². The smallest absolute Gasteiger partial charge is 0.354 e. The second-order valence-electron chi connectivity index (χ2n) is 7.80. The number of ketones is 1. The number of carbonyl (C=O) groups excluding carboxylic acids is 2. The van der Waals surface area contributed by atoms with Crippen molar-refractivity contribution in [3.8, 4) is 0 Å². The lowest BCUT2D eigenvalue weighted by atomic mass is 10.0. The normalized spacial score (nSPS) is 12.8. The number of aryl methyl sites for hydroxylation is 1. The molecule has 2 aromatic rings. The molecule has 0 radical (unpaired) electrons. The van der Waals surface area contributed by atoms with Gasteiger partial charge in [-0.05, 0) is 51.8 Å². The zero-order valence-electron chi connectivity index (χ0n) is 19.8. The summed E-state index contributed by atoms with van der Waals surface area (Å²) < 4.78 is 39.7. The fourth-order valence-electron chi connectivity index (χ4n) is 3.80. The maximum absolute atomic E-state index is 13.6. The van der Waals surface area contributed by atoms with Gasteiger partial charge < -0.3 is 14.0 Å². The van der Waals surface area contributed by atoms with E-state index >= 15 is 0 Å². The van der Waals surface area contributed by atoms with Gasteiger partial charge in [0, 0.05) is 38.6 Å². The van der Waals surface area contributed by atoms with Crippen LogP contribution in [0.1, 0.15) is 51.0 Å². The molecule has 32 heavy (non-hydrogen) atoms. The molecule has 176 valence electrons. The van der Waals surface area contributed by atoms with Crippen LogP contribution in [-0.4, -0.2) is 62.5 Å². The van der Waals surface area contributed by atoms with E-state index in [2.05, 4.69) is 0 Å². The quantitative estimate of drug-likeness (QED) is 0.305. The van der Waals surface area contributed by atoms with Crippen LogP contribution >= 0.6 is 0 Å². The van der Waals surface area contributed by atoms with Crippen LogP contribution in [0.4, 0.5) is 0 Å². The minimum Gasteiger partial charge on any atom is -0.464 e. The number of rotatable bonds is 10. The summed E-state index contributed by atoms with van der Waals surface area (Å²) in [6.45, 7) is 7.32. The third-order valence-electron chi connectivity index (χ3n) is 5.72. The molecule has 1 heterocycles. The molecule has 0 amide bonds. The van der Waals surface area contributed by atoms with E-state index < -0.39 is 22.0 Å². The molecule has 8 nitrogen and oxygen atoms in total. The Morgan fingerprint density at radius 1 is 1.09 bits per heavy atom. The Hall–Kier alpha value is -2.49. The number of ether oxygens (including phenoxy) is 2. The number of hydrogen-bond donors (Lipinski definition) is 0. The third-order valence-corrected chi connectivity index (χ3v) is 7.71. The highest BCUT2D eigenvalue weighted by Crippen LogP contribution is 2.27. The molecule has 1 aromatic carbocycles. The fourth-order valence-corrected chi connectivity index (χ4v) is 5.43. The largest absolute Gasteiger partial charge is 0.464 e. The van der Waals surface area contributed by atoms with Crippen LogP contribution in [0.5, 0.6) is 0 Å². The monoisotopic (exact) mass is 464 g/mol. The lowest BCUT2D eigenvalue weighted by Gasteiger charge is -2.28. The second-order valence-corrected chi connectivity index (χ2v) is 9.69. The number of Topliss-reactive ketones (excluding diaryl/α,β-unsaturated/α-hetero) is 1. The first-order chi connectivity index (χ1) is 15.0. The molecule has 0 aliphatic heterocycles. The van der Waals surface area contributed by atoms with Crippen LogP contribution < -0.4 is 0 Å². The summed E-state index contributed by atoms with van der Waals surface area (Å²) >= 11 is 0. The maximum atomic E-state index is 13.6. The van der Waals surface area contributed by atoms with Gasteiger partial charge >= 0.3 is 5.97 Å². The number of benzene rings is 1. The molecule has 0 fully saturated rings. The fraction of sp³-hybridized carbons (Fsp3) is 0.478. The van der Waals surface area contributed by atoms with Gasteiger partial charge in [-0.2, -0.15) is 4.31 Å². The topological polar surface area (TPSA) is 94.9 Å². The minimum atomic E-state index is -3.94. The summed E-state index contributed by atoms with van der Waals surface area (Å²) in [5, 5.41) is 0. The SMILES string of the molecule is COCCCN([C@@H](C)C(=O)c1c(C)c(C(=O)OC)n(C)c1C)S(=O)(=O)c1ccc(C)cc1. The summed E-state index contributed by atoms with van der Waals surface area (Å²) in [5.41, 5.74) is 2.58. The number of aromatic nitrogens is 1. The van der Waals surface area contributed by atoms with Crippen molar-refractivity contribution in [1.82, 2.24) is 8.87 Å². The molecule has 0 bridgehead atoms. The minimum absolute atomic E-state index is 0.117. The Labute approximate surface area is 190 Å². The van der Waals surface area contributed by atoms with E-state index in [0.717, 1.165) is 5.56 Å². The van der Waals surface area contributed by atoms with Crippen molar-refractivity contribution in [2.24, 2.45) is 7.05 Å². The molecule has 0 aliphatic rings. The molecule has 0 saturated heterocycles. The van der Waals surface area contributed by atoms with Crippen molar-refractivity contribution in [3.05, 3.63) is 52.3 Å². The Bertz CT molecular complexity index is 1090. The Morgan fingerprint density at radius 3 is 2.22 bits per heavy atom. The summed E-state index contributed by atoms with van der Waals surface area (Å²) in [4.78, 5) is 25.9. The maximum Gasteiger partial charge on any atom is 0.354 e. The molecule has 0 aliphatic carbocycles. The molecule has 1 atom stereocenters. The van der Waals surface area contributed by atoms with Gasteiger partial charge in [0.15, 0.2) is 5.78 Å². The summed E-state index contributed by atoms with van der Waals surface area (Å²) in [6.07, 6.45) is 0.430. The average molecular weight is 465 g/mol. The zero-order valence-corrected chi connectivity index (χ0v) is 20.6. The first kappa shape index (κ1) is 25.8. The summed E-state index contributed by atoms with van der Waals surface area (Å²) in [7, 11) is 0.552. The molecule has 1 aromatic heterocycles. The van der Waals surface area contributed by atoms with Gasteiger partial charge in [-0.15, -0.1) is 0 Å². The van der Waals surface area contributed by atoms with E-state index in [1.165, 1.54) is 11.4 Å². The highest BCUT2D eigenvalue weighted by atomic mass is 32.2. The van der Waals surface area contributed by atoms with E-state index in [9.17, 15) is 18.0 Å². The molecule has 0 spiro atoms. The van der Waals surface area contributed by atoms with Crippen molar-refractivity contribution in [3.63, 3.8) is 0 Å². The van der Waals surface area contributed by atoms with Crippen LogP contribution in [0.25, 0.3) is 0 Å². The van der Waals surface area contributed by atoms with Crippen LogP contribution in [0, 0.1) is 20.8 Å². The molecule has 0 saturated carbocycles. The summed E-state index contributed by atoms with van der Waals surface area (Å²) in [6, 6.07) is 5.55. The van der Waals surface area contributed by atoms with E-state index in [-0.39, 0.29) is 22.9 Å². The molecular formula is C23H32N2O6S. The van der Waals surface area contributed by atoms with Crippen LogP contribution in [-0.2, 0) is 26.5 Å². The lowest BCUT2D eigenvalue weighted by molar-refractivity contribution is 0.0588. The van der Waals surface area contributed by atoms with Crippen molar-refractivity contribution in [1.29, 1.82) is 0 Å². The lowest BCUT2D eigenvalue weighted by Crippen LogP contribution is -2.44. The van der Waals surface area contributed by atoms with Gasteiger partial charge in [-0.25, -0.2) is 13.2 Å². The van der Waals surface area contributed by atoms with Crippen molar-refractivity contribution in [2.45, 2.75) is 45.1 Å². The van der Waals surface area contributed by atoms with Gasteiger partial charge in [0.2, 0.25) is 10.0 Å². The molecule has 0 N–H and O–H groups in total. The van der Waals surface area contributed by atoms with Gasteiger partial charge in [0.25, 0.3) is 0 Å².